The van der Waals surface area contributed by atoms with Gasteiger partial charge in [0.15, 0.2) is 5.11 Å². The molecule has 1 amide bonds. The Hall–Kier alpha value is -1.86. The zero-order chi connectivity index (χ0) is 19.4. The highest BCUT2D eigenvalue weighted by atomic mass is 35.5. The van der Waals surface area contributed by atoms with Gasteiger partial charge >= 0.3 is 0 Å². The number of nitrogens with one attached hydrogen (secondary N) is 2. The quantitative estimate of drug-likeness (QED) is 0.721. The SMILES string of the molecule is Cc1ccc(C(=O)NC(=S)Nc2cccc(Cl)c2N2CCOCC2)cc1Cl. The lowest BCUT2D eigenvalue weighted by molar-refractivity contribution is 0.0977. The molecule has 1 heterocycles. The molecule has 5 nitrogen and oxygen atoms in total. The first-order valence-electron chi connectivity index (χ1n) is 8.45. The van der Waals surface area contributed by atoms with Gasteiger partial charge in [0.05, 0.1) is 29.6 Å². The topological polar surface area (TPSA) is 53.6 Å². The van der Waals surface area contributed by atoms with Crippen molar-refractivity contribution in [1.82, 2.24) is 5.32 Å². The van der Waals surface area contributed by atoms with Gasteiger partial charge in [-0.3, -0.25) is 10.1 Å². The number of hydrogen-bond acceptors (Lipinski definition) is 4. The summed E-state index contributed by atoms with van der Waals surface area (Å²) in [7, 11) is 0. The van der Waals surface area contributed by atoms with E-state index in [1.807, 2.05) is 25.1 Å². The van der Waals surface area contributed by atoms with Crippen LogP contribution in [-0.4, -0.2) is 37.3 Å². The molecule has 1 fully saturated rings. The molecule has 1 saturated heterocycles. The molecule has 2 N–H and O–H groups in total. The second-order valence-corrected chi connectivity index (χ2v) is 7.33. The smallest absolute Gasteiger partial charge is 0.257 e. The van der Waals surface area contributed by atoms with E-state index in [0.717, 1.165) is 30.0 Å². The highest BCUT2D eigenvalue weighted by Gasteiger charge is 2.19. The maximum atomic E-state index is 12.4. The minimum absolute atomic E-state index is 0.188. The van der Waals surface area contributed by atoms with Crippen molar-refractivity contribution >= 4 is 57.8 Å². The number of amides is 1. The van der Waals surface area contributed by atoms with E-state index in [2.05, 4.69) is 15.5 Å². The Kier molecular flexibility index (Phi) is 6.55. The molecule has 8 heteroatoms. The zero-order valence-corrected chi connectivity index (χ0v) is 17.0. The van der Waals surface area contributed by atoms with E-state index in [1.165, 1.54) is 0 Å². The van der Waals surface area contributed by atoms with Gasteiger partial charge in [0.25, 0.3) is 5.91 Å². The average Bonchev–Trinajstić information content (AvgIpc) is 2.64. The summed E-state index contributed by atoms with van der Waals surface area (Å²) in [6.45, 7) is 4.63. The summed E-state index contributed by atoms with van der Waals surface area (Å²) in [5, 5.41) is 7.09. The largest absolute Gasteiger partial charge is 0.378 e. The summed E-state index contributed by atoms with van der Waals surface area (Å²) in [5.41, 5.74) is 2.92. The molecular formula is C19H19Cl2N3O2S. The second kappa shape index (κ2) is 8.89. The molecule has 0 aromatic heterocycles. The van der Waals surface area contributed by atoms with Gasteiger partial charge in [-0.25, -0.2) is 0 Å². The lowest BCUT2D eigenvalue weighted by Gasteiger charge is -2.31. The Balaban J connectivity index is 1.73. The molecule has 0 spiro atoms. The third kappa shape index (κ3) is 4.90. The van der Waals surface area contributed by atoms with Crippen LogP contribution in [0.1, 0.15) is 15.9 Å². The van der Waals surface area contributed by atoms with Crippen LogP contribution in [0, 0.1) is 6.92 Å². The molecule has 2 aromatic carbocycles. The highest BCUT2D eigenvalue weighted by Crippen LogP contribution is 2.34. The molecule has 27 heavy (non-hydrogen) atoms. The summed E-state index contributed by atoms with van der Waals surface area (Å²) >= 11 is 17.8. The predicted octanol–water partition coefficient (Wildman–Crippen LogP) is 4.27. The Morgan fingerprint density at radius 3 is 2.59 bits per heavy atom. The van der Waals surface area contributed by atoms with E-state index in [-0.39, 0.29) is 11.0 Å². The number of nitrogens with zero attached hydrogens (tertiary/aromatic N) is 1. The van der Waals surface area contributed by atoms with Crippen molar-refractivity contribution in [2.24, 2.45) is 0 Å². The molecule has 1 aliphatic heterocycles. The first-order chi connectivity index (χ1) is 13.0. The Labute approximate surface area is 173 Å². The van der Waals surface area contributed by atoms with Crippen LogP contribution in [0.3, 0.4) is 0 Å². The summed E-state index contributed by atoms with van der Waals surface area (Å²) in [6.07, 6.45) is 0. The molecule has 0 bridgehead atoms. The molecule has 0 aliphatic carbocycles. The van der Waals surface area contributed by atoms with Crippen molar-refractivity contribution in [2.45, 2.75) is 6.92 Å². The number of aryl methyl sites for hydroxylation is 1. The van der Waals surface area contributed by atoms with E-state index < -0.39 is 0 Å². The fourth-order valence-electron chi connectivity index (χ4n) is 2.79. The number of thiocarbonyl (C=S) groups is 1. The predicted molar refractivity (Wildman–Crippen MR) is 114 cm³/mol. The number of ether oxygens (including phenoxy) is 1. The molecule has 2 aromatic rings. The third-order valence-corrected chi connectivity index (χ3v) is 5.14. The van der Waals surface area contributed by atoms with Gasteiger partial charge in [-0.2, -0.15) is 0 Å². The van der Waals surface area contributed by atoms with Gasteiger partial charge in [-0.1, -0.05) is 35.3 Å². The van der Waals surface area contributed by atoms with Gasteiger partial charge in [0.1, 0.15) is 0 Å². The van der Waals surface area contributed by atoms with Crippen molar-refractivity contribution < 1.29 is 9.53 Å². The van der Waals surface area contributed by atoms with Crippen molar-refractivity contribution in [2.75, 3.05) is 36.5 Å². The molecule has 3 rings (SSSR count). The van der Waals surface area contributed by atoms with Gasteiger partial charge < -0.3 is 15.0 Å². The lowest BCUT2D eigenvalue weighted by atomic mass is 10.1. The highest BCUT2D eigenvalue weighted by molar-refractivity contribution is 7.80. The molecule has 0 atom stereocenters. The number of para-hydroxylation sites is 1. The van der Waals surface area contributed by atoms with Gasteiger partial charge in [0, 0.05) is 23.7 Å². The molecule has 0 saturated carbocycles. The molecule has 0 unspecified atom stereocenters. The van der Waals surface area contributed by atoms with Gasteiger partial charge in [-0.15, -0.1) is 0 Å². The minimum atomic E-state index is -0.329. The average molecular weight is 424 g/mol. The number of halogens is 2. The summed E-state index contributed by atoms with van der Waals surface area (Å²) in [6, 6.07) is 10.6. The van der Waals surface area contributed by atoms with Gasteiger partial charge in [-0.05, 0) is 49.0 Å². The first-order valence-corrected chi connectivity index (χ1v) is 9.62. The fourth-order valence-corrected chi connectivity index (χ4v) is 3.46. The fraction of sp³-hybridized carbons (Fsp3) is 0.263. The lowest BCUT2D eigenvalue weighted by Crippen LogP contribution is -2.38. The summed E-state index contributed by atoms with van der Waals surface area (Å²) < 4.78 is 5.40. The number of carbonyl (C=O) groups excluding carboxylic acids is 1. The van der Waals surface area contributed by atoms with Gasteiger partial charge in [0.2, 0.25) is 0 Å². The zero-order valence-electron chi connectivity index (χ0n) is 14.7. The van der Waals surface area contributed by atoms with E-state index in [0.29, 0.717) is 28.8 Å². The van der Waals surface area contributed by atoms with E-state index in [9.17, 15) is 4.79 Å². The molecule has 1 aliphatic rings. The Morgan fingerprint density at radius 1 is 1.15 bits per heavy atom. The number of hydrogen-bond donors (Lipinski definition) is 2. The van der Waals surface area contributed by atoms with Crippen LogP contribution >= 0.6 is 35.4 Å². The van der Waals surface area contributed by atoms with Crippen LogP contribution in [0.4, 0.5) is 11.4 Å². The van der Waals surface area contributed by atoms with Crippen LogP contribution in [0.25, 0.3) is 0 Å². The third-order valence-electron chi connectivity index (χ3n) is 4.22. The summed E-state index contributed by atoms with van der Waals surface area (Å²) in [4.78, 5) is 14.5. The van der Waals surface area contributed by atoms with Crippen molar-refractivity contribution in [3.05, 3.63) is 57.6 Å². The number of morpholine rings is 1. The monoisotopic (exact) mass is 423 g/mol. The van der Waals surface area contributed by atoms with Crippen molar-refractivity contribution in [3.63, 3.8) is 0 Å². The summed E-state index contributed by atoms with van der Waals surface area (Å²) in [5.74, 6) is -0.329. The van der Waals surface area contributed by atoms with Crippen LogP contribution < -0.4 is 15.5 Å². The van der Waals surface area contributed by atoms with E-state index >= 15 is 0 Å². The van der Waals surface area contributed by atoms with Crippen molar-refractivity contribution in [3.8, 4) is 0 Å². The molecule has 0 radical (unpaired) electrons. The van der Waals surface area contributed by atoms with Crippen LogP contribution in [-0.2, 0) is 4.74 Å². The van der Waals surface area contributed by atoms with Crippen LogP contribution in [0.5, 0.6) is 0 Å². The second-order valence-electron chi connectivity index (χ2n) is 6.11. The standard InChI is InChI=1S/C19H19Cl2N3O2S/c1-12-5-6-13(11-15(12)21)18(25)23-19(27)22-16-4-2-3-14(20)17(16)24-7-9-26-10-8-24/h2-6,11H,7-10H2,1H3,(H2,22,23,25,27). The normalized spacial score (nSPS) is 14.0. The molecule has 142 valence electrons. The minimum Gasteiger partial charge on any atom is -0.378 e. The number of carbonyl (C=O) groups is 1. The molecular weight excluding hydrogens is 405 g/mol. The Bertz CT molecular complexity index is 870. The number of rotatable bonds is 3. The maximum absolute atomic E-state index is 12.4. The van der Waals surface area contributed by atoms with Crippen LogP contribution in [0.15, 0.2) is 36.4 Å². The Morgan fingerprint density at radius 2 is 1.89 bits per heavy atom. The van der Waals surface area contributed by atoms with Crippen molar-refractivity contribution in [1.29, 1.82) is 0 Å². The first kappa shape index (κ1) is 19.9. The van der Waals surface area contributed by atoms with E-state index in [4.69, 9.17) is 40.2 Å². The maximum Gasteiger partial charge on any atom is 0.257 e. The number of anilines is 2. The number of benzene rings is 2. The van der Waals surface area contributed by atoms with E-state index in [1.54, 1.807) is 18.2 Å². The van der Waals surface area contributed by atoms with Crippen LogP contribution in [0.2, 0.25) is 10.0 Å².